The fourth-order valence-corrected chi connectivity index (χ4v) is 3.63. The van der Waals surface area contributed by atoms with Crippen LogP contribution in [0, 0.1) is 11.8 Å². The van der Waals surface area contributed by atoms with Gasteiger partial charge < -0.3 is 10.2 Å². The van der Waals surface area contributed by atoms with Gasteiger partial charge in [-0.1, -0.05) is 12.8 Å². The Morgan fingerprint density at radius 2 is 1.84 bits per heavy atom. The van der Waals surface area contributed by atoms with Crippen molar-refractivity contribution < 1.29 is 4.79 Å². The average molecular weight is 337 g/mol. The zero-order valence-electron chi connectivity index (χ0n) is 14.3. The van der Waals surface area contributed by atoms with Gasteiger partial charge in [-0.2, -0.15) is 0 Å². The highest BCUT2D eigenvalue weighted by molar-refractivity contribution is 5.78. The maximum absolute atomic E-state index is 12.1. The molecule has 2 aromatic heterocycles. The highest BCUT2D eigenvalue weighted by atomic mass is 16.1. The Kier molecular flexibility index (Phi) is 4.59. The van der Waals surface area contributed by atoms with Gasteiger partial charge in [0.2, 0.25) is 5.91 Å². The monoisotopic (exact) mass is 337 g/mol. The van der Waals surface area contributed by atoms with Gasteiger partial charge in [0.25, 0.3) is 0 Å². The van der Waals surface area contributed by atoms with Crippen LogP contribution in [0.1, 0.15) is 25.7 Å². The molecular formula is C19H23N5O. The van der Waals surface area contributed by atoms with E-state index >= 15 is 0 Å². The molecule has 2 aliphatic rings. The fraction of sp³-hybridized carbons (Fsp3) is 0.474. The van der Waals surface area contributed by atoms with Crippen LogP contribution in [-0.2, 0) is 4.79 Å². The molecule has 1 N–H and O–H groups in total. The molecule has 6 nitrogen and oxygen atoms in total. The molecule has 1 amide bonds. The first-order valence-electron chi connectivity index (χ1n) is 9.06. The topological polar surface area (TPSA) is 71.0 Å². The number of carbonyl (C=O) groups is 1. The van der Waals surface area contributed by atoms with Crippen LogP contribution in [0.25, 0.3) is 11.3 Å². The van der Waals surface area contributed by atoms with Crippen LogP contribution in [-0.4, -0.2) is 40.7 Å². The minimum atomic E-state index is 0.248. The fourth-order valence-electron chi connectivity index (χ4n) is 3.63. The van der Waals surface area contributed by atoms with Gasteiger partial charge in [-0.25, -0.2) is 0 Å². The van der Waals surface area contributed by atoms with Gasteiger partial charge in [-0.15, -0.1) is 10.2 Å². The maximum atomic E-state index is 12.1. The molecule has 0 bridgehead atoms. The summed E-state index contributed by atoms with van der Waals surface area (Å²) in [5.41, 5.74) is 1.87. The van der Waals surface area contributed by atoms with Crippen molar-refractivity contribution in [1.29, 1.82) is 0 Å². The van der Waals surface area contributed by atoms with Crippen LogP contribution in [0.3, 0.4) is 0 Å². The molecule has 6 heteroatoms. The van der Waals surface area contributed by atoms with Crippen molar-refractivity contribution in [1.82, 2.24) is 20.5 Å². The van der Waals surface area contributed by atoms with E-state index in [9.17, 15) is 4.79 Å². The summed E-state index contributed by atoms with van der Waals surface area (Å²) in [5.74, 6) is 1.91. The van der Waals surface area contributed by atoms with Crippen molar-refractivity contribution in [2.75, 3.05) is 24.5 Å². The van der Waals surface area contributed by atoms with Crippen LogP contribution in [0.2, 0.25) is 0 Å². The molecule has 0 aromatic carbocycles. The number of amides is 1. The normalized spacial score (nSPS) is 18.2. The summed E-state index contributed by atoms with van der Waals surface area (Å²) in [6.45, 7) is 2.62. The summed E-state index contributed by atoms with van der Waals surface area (Å²) in [5, 5.41) is 11.8. The second kappa shape index (κ2) is 7.17. The molecule has 1 aliphatic carbocycles. The van der Waals surface area contributed by atoms with Crippen molar-refractivity contribution >= 4 is 11.7 Å². The Hall–Kier alpha value is -2.50. The van der Waals surface area contributed by atoms with E-state index in [2.05, 4.69) is 25.4 Å². The van der Waals surface area contributed by atoms with Crippen LogP contribution in [0.4, 0.5) is 5.82 Å². The summed E-state index contributed by atoms with van der Waals surface area (Å²) < 4.78 is 0. The van der Waals surface area contributed by atoms with Crippen molar-refractivity contribution in [2.24, 2.45) is 11.8 Å². The predicted octanol–water partition coefficient (Wildman–Crippen LogP) is 2.28. The number of pyridine rings is 1. The largest absolute Gasteiger partial charge is 0.355 e. The third-order valence-electron chi connectivity index (χ3n) is 5.20. The van der Waals surface area contributed by atoms with E-state index in [-0.39, 0.29) is 11.8 Å². The van der Waals surface area contributed by atoms with Crippen molar-refractivity contribution in [3.05, 3.63) is 36.7 Å². The van der Waals surface area contributed by atoms with Crippen LogP contribution >= 0.6 is 0 Å². The average Bonchev–Trinajstić information content (AvgIpc) is 3.16. The Morgan fingerprint density at radius 1 is 1.08 bits per heavy atom. The van der Waals surface area contributed by atoms with Gasteiger partial charge in [0, 0.05) is 49.4 Å². The summed E-state index contributed by atoms with van der Waals surface area (Å²) >= 11 is 0. The maximum Gasteiger partial charge on any atom is 0.223 e. The number of nitrogens with zero attached hydrogens (tertiary/aromatic N) is 4. The van der Waals surface area contributed by atoms with Crippen LogP contribution < -0.4 is 10.2 Å². The molecule has 0 radical (unpaired) electrons. The van der Waals surface area contributed by atoms with E-state index in [1.54, 1.807) is 12.4 Å². The quantitative estimate of drug-likeness (QED) is 0.906. The second-order valence-corrected chi connectivity index (χ2v) is 7.01. The highest BCUT2D eigenvalue weighted by Crippen LogP contribution is 2.26. The van der Waals surface area contributed by atoms with Gasteiger partial charge in [0.05, 0.1) is 5.69 Å². The second-order valence-electron chi connectivity index (χ2n) is 7.01. The Morgan fingerprint density at radius 3 is 2.52 bits per heavy atom. The van der Waals surface area contributed by atoms with E-state index < -0.39 is 0 Å². The van der Waals surface area contributed by atoms with Crippen LogP contribution in [0.5, 0.6) is 0 Å². The van der Waals surface area contributed by atoms with Crippen molar-refractivity contribution in [3.8, 4) is 11.3 Å². The molecule has 25 heavy (non-hydrogen) atoms. The molecule has 0 spiro atoms. The first-order valence-corrected chi connectivity index (χ1v) is 9.06. The van der Waals surface area contributed by atoms with E-state index in [1.165, 1.54) is 12.8 Å². The van der Waals surface area contributed by atoms with Crippen molar-refractivity contribution in [3.63, 3.8) is 0 Å². The lowest BCUT2D eigenvalue weighted by atomic mass is 9.99. The number of hydrogen-bond acceptors (Lipinski definition) is 5. The number of nitrogens with one attached hydrogen (secondary N) is 1. The molecule has 1 saturated heterocycles. The van der Waals surface area contributed by atoms with Crippen molar-refractivity contribution in [2.45, 2.75) is 25.7 Å². The third kappa shape index (κ3) is 3.62. The summed E-state index contributed by atoms with van der Waals surface area (Å²) in [4.78, 5) is 18.3. The third-order valence-corrected chi connectivity index (χ3v) is 5.20. The van der Waals surface area contributed by atoms with Gasteiger partial charge in [0.15, 0.2) is 5.82 Å². The lowest BCUT2D eigenvalue weighted by Gasteiger charge is -2.40. The zero-order chi connectivity index (χ0) is 17.1. The minimum Gasteiger partial charge on any atom is -0.355 e. The predicted molar refractivity (Wildman–Crippen MR) is 95.9 cm³/mol. The molecule has 2 fully saturated rings. The molecule has 1 saturated carbocycles. The first kappa shape index (κ1) is 16.0. The molecule has 130 valence electrons. The standard InChI is InChI=1S/C19H23N5O/c25-19(16-3-1-2-4-16)21-11-14-12-24(13-14)18-6-5-17(22-23-18)15-7-9-20-10-8-15/h5-10,14,16H,1-4,11-13H2,(H,21,25). The number of aromatic nitrogens is 3. The lowest BCUT2D eigenvalue weighted by molar-refractivity contribution is -0.125. The van der Waals surface area contributed by atoms with Gasteiger partial charge in [0.1, 0.15) is 0 Å². The highest BCUT2D eigenvalue weighted by Gasteiger charge is 2.29. The van der Waals surface area contributed by atoms with Crippen LogP contribution in [0.15, 0.2) is 36.7 Å². The summed E-state index contributed by atoms with van der Waals surface area (Å²) in [7, 11) is 0. The SMILES string of the molecule is O=C(NCC1CN(c2ccc(-c3ccncc3)nn2)C1)C1CCCC1. The van der Waals surface area contributed by atoms with Gasteiger partial charge in [-0.3, -0.25) is 9.78 Å². The molecule has 1 aliphatic heterocycles. The first-order chi connectivity index (χ1) is 12.3. The molecule has 0 unspecified atom stereocenters. The number of carbonyl (C=O) groups excluding carboxylic acids is 1. The zero-order valence-corrected chi connectivity index (χ0v) is 14.3. The number of anilines is 1. The molecular weight excluding hydrogens is 314 g/mol. The Balaban J connectivity index is 1.25. The van der Waals surface area contributed by atoms with E-state index in [0.717, 1.165) is 49.6 Å². The number of rotatable bonds is 5. The van der Waals surface area contributed by atoms with E-state index in [0.29, 0.717) is 5.92 Å². The number of hydrogen-bond donors (Lipinski definition) is 1. The lowest BCUT2D eigenvalue weighted by Crippen LogP contribution is -2.52. The van der Waals surface area contributed by atoms with E-state index in [4.69, 9.17) is 0 Å². The Labute approximate surface area is 147 Å². The molecule has 0 atom stereocenters. The summed E-state index contributed by atoms with van der Waals surface area (Å²) in [6.07, 6.45) is 8.02. The van der Waals surface area contributed by atoms with Gasteiger partial charge >= 0.3 is 0 Å². The minimum absolute atomic E-state index is 0.248. The van der Waals surface area contributed by atoms with E-state index in [1.807, 2.05) is 24.3 Å². The smallest absolute Gasteiger partial charge is 0.223 e. The molecule has 2 aromatic rings. The van der Waals surface area contributed by atoms with Gasteiger partial charge in [-0.05, 0) is 37.1 Å². The molecule has 4 rings (SSSR count). The summed E-state index contributed by atoms with van der Waals surface area (Å²) in [6, 6.07) is 7.86. The Bertz CT molecular complexity index is 706. The molecule has 3 heterocycles.